The molecule has 1 amide bonds. The van der Waals surface area contributed by atoms with Crippen LogP contribution in [-0.2, 0) is 17.6 Å². The number of hydrogen-bond donors (Lipinski definition) is 3. The van der Waals surface area contributed by atoms with E-state index in [9.17, 15) is 4.79 Å². The second-order valence-electron chi connectivity index (χ2n) is 5.96. The average molecular weight is 422 g/mol. The molecule has 8 heteroatoms. The van der Waals surface area contributed by atoms with Gasteiger partial charge in [0.25, 0.3) is 0 Å². The summed E-state index contributed by atoms with van der Waals surface area (Å²) >= 11 is 11.0. The number of carbonyl (C=O) groups is 1. The fourth-order valence-electron chi connectivity index (χ4n) is 2.60. The third kappa shape index (κ3) is 6.90. The van der Waals surface area contributed by atoms with Gasteiger partial charge in [-0.05, 0) is 54.4 Å². The van der Waals surface area contributed by atoms with E-state index in [2.05, 4.69) is 16.2 Å². The highest BCUT2D eigenvalue weighted by Gasteiger charge is 2.11. The minimum atomic E-state index is -0.174. The number of aryl methyl sites for hydroxylation is 1. The molecule has 150 valence electrons. The number of hydrogen-bond acceptors (Lipinski definition) is 4. The SMILES string of the molecule is COc1cccc(CCC(=O)NNC(=S)NCCc2ccc(Cl)cc2)c1OC. The summed E-state index contributed by atoms with van der Waals surface area (Å²) in [4.78, 5) is 12.1. The van der Waals surface area contributed by atoms with Crippen LogP contribution in [0.4, 0.5) is 0 Å². The summed E-state index contributed by atoms with van der Waals surface area (Å²) in [6, 6.07) is 13.2. The van der Waals surface area contributed by atoms with Crippen molar-refractivity contribution >= 4 is 34.8 Å². The molecule has 0 aromatic heterocycles. The van der Waals surface area contributed by atoms with Crippen LogP contribution >= 0.6 is 23.8 Å². The van der Waals surface area contributed by atoms with Gasteiger partial charge in [-0.25, -0.2) is 0 Å². The highest BCUT2D eigenvalue weighted by atomic mass is 35.5. The van der Waals surface area contributed by atoms with Crippen LogP contribution in [0.25, 0.3) is 0 Å². The zero-order valence-corrected chi connectivity index (χ0v) is 17.5. The molecule has 0 fully saturated rings. The van der Waals surface area contributed by atoms with Crippen molar-refractivity contribution in [2.75, 3.05) is 20.8 Å². The Morgan fingerprint density at radius 1 is 1.04 bits per heavy atom. The van der Waals surface area contributed by atoms with Gasteiger partial charge >= 0.3 is 0 Å². The topological polar surface area (TPSA) is 71.6 Å². The maximum Gasteiger partial charge on any atom is 0.238 e. The molecular formula is C20H24ClN3O3S. The molecule has 0 aliphatic rings. The lowest BCUT2D eigenvalue weighted by molar-refractivity contribution is -0.121. The predicted octanol–water partition coefficient (Wildman–Crippen LogP) is 3.03. The van der Waals surface area contributed by atoms with Crippen molar-refractivity contribution in [2.45, 2.75) is 19.3 Å². The van der Waals surface area contributed by atoms with Crippen molar-refractivity contribution in [3.63, 3.8) is 0 Å². The van der Waals surface area contributed by atoms with E-state index in [0.29, 0.717) is 34.6 Å². The zero-order valence-electron chi connectivity index (χ0n) is 15.9. The van der Waals surface area contributed by atoms with Crippen LogP contribution in [0, 0.1) is 0 Å². The summed E-state index contributed by atoms with van der Waals surface area (Å²) in [6.45, 7) is 0.643. The maximum absolute atomic E-state index is 12.1. The molecule has 0 bridgehead atoms. The molecule has 0 unspecified atom stereocenters. The Balaban J connectivity index is 1.69. The number of ether oxygens (including phenoxy) is 2. The molecule has 0 heterocycles. The molecular weight excluding hydrogens is 398 g/mol. The largest absolute Gasteiger partial charge is 0.493 e. The van der Waals surface area contributed by atoms with Gasteiger partial charge in [-0.1, -0.05) is 35.9 Å². The van der Waals surface area contributed by atoms with Gasteiger partial charge in [-0.2, -0.15) is 0 Å². The molecule has 0 aliphatic heterocycles. The van der Waals surface area contributed by atoms with Crippen LogP contribution in [0.15, 0.2) is 42.5 Å². The monoisotopic (exact) mass is 421 g/mol. The third-order valence-electron chi connectivity index (χ3n) is 4.03. The maximum atomic E-state index is 12.1. The summed E-state index contributed by atoms with van der Waals surface area (Å²) in [7, 11) is 3.16. The molecule has 28 heavy (non-hydrogen) atoms. The van der Waals surface area contributed by atoms with Gasteiger partial charge in [0.05, 0.1) is 14.2 Å². The Bertz CT molecular complexity index is 800. The van der Waals surface area contributed by atoms with Crippen LogP contribution in [0.1, 0.15) is 17.5 Å². The molecule has 0 spiro atoms. The molecule has 3 N–H and O–H groups in total. The van der Waals surface area contributed by atoms with Crippen LogP contribution in [0.2, 0.25) is 5.02 Å². The highest BCUT2D eigenvalue weighted by Crippen LogP contribution is 2.31. The minimum absolute atomic E-state index is 0.174. The first-order valence-electron chi connectivity index (χ1n) is 8.80. The van der Waals surface area contributed by atoms with Crippen molar-refractivity contribution in [1.82, 2.24) is 16.2 Å². The van der Waals surface area contributed by atoms with Gasteiger partial charge in [0, 0.05) is 18.0 Å². The van der Waals surface area contributed by atoms with Gasteiger partial charge < -0.3 is 14.8 Å². The Kier molecular flexibility index (Phi) is 8.84. The second kappa shape index (κ2) is 11.4. The van der Waals surface area contributed by atoms with E-state index >= 15 is 0 Å². The summed E-state index contributed by atoms with van der Waals surface area (Å²) in [5, 5.41) is 4.12. The lowest BCUT2D eigenvalue weighted by Crippen LogP contribution is -2.47. The number of para-hydroxylation sites is 1. The molecule has 6 nitrogen and oxygen atoms in total. The second-order valence-corrected chi connectivity index (χ2v) is 6.80. The first kappa shape index (κ1) is 21.8. The fraction of sp³-hybridized carbons (Fsp3) is 0.300. The number of benzene rings is 2. The van der Waals surface area contributed by atoms with Crippen molar-refractivity contribution < 1.29 is 14.3 Å². The highest BCUT2D eigenvalue weighted by molar-refractivity contribution is 7.80. The molecule has 2 rings (SSSR count). The number of hydrazine groups is 1. The molecule has 0 atom stereocenters. The van der Waals surface area contributed by atoms with E-state index in [1.807, 2.05) is 42.5 Å². The van der Waals surface area contributed by atoms with Crippen LogP contribution in [0.5, 0.6) is 11.5 Å². The first-order valence-corrected chi connectivity index (χ1v) is 9.59. The van der Waals surface area contributed by atoms with Crippen molar-refractivity contribution in [3.8, 4) is 11.5 Å². The average Bonchev–Trinajstić information content (AvgIpc) is 2.71. The molecule has 0 radical (unpaired) electrons. The molecule has 0 saturated heterocycles. The predicted molar refractivity (Wildman–Crippen MR) is 115 cm³/mol. The normalized spacial score (nSPS) is 10.1. The van der Waals surface area contributed by atoms with E-state index in [1.165, 1.54) is 0 Å². The van der Waals surface area contributed by atoms with Crippen LogP contribution < -0.4 is 25.6 Å². The molecule has 0 aliphatic carbocycles. The zero-order chi connectivity index (χ0) is 20.4. The van der Waals surface area contributed by atoms with Gasteiger partial charge in [-0.15, -0.1) is 0 Å². The van der Waals surface area contributed by atoms with Gasteiger partial charge in [0.1, 0.15) is 0 Å². The van der Waals surface area contributed by atoms with Gasteiger partial charge in [0.2, 0.25) is 5.91 Å². The van der Waals surface area contributed by atoms with E-state index in [1.54, 1.807) is 14.2 Å². The van der Waals surface area contributed by atoms with Crippen molar-refractivity contribution in [1.29, 1.82) is 0 Å². The van der Waals surface area contributed by atoms with Gasteiger partial charge in [-0.3, -0.25) is 15.6 Å². The number of nitrogens with one attached hydrogen (secondary N) is 3. The fourth-order valence-corrected chi connectivity index (χ4v) is 2.88. The van der Waals surface area contributed by atoms with Crippen molar-refractivity contribution in [3.05, 3.63) is 58.6 Å². The lowest BCUT2D eigenvalue weighted by atomic mass is 10.1. The van der Waals surface area contributed by atoms with Crippen molar-refractivity contribution in [2.24, 2.45) is 0 Å². The van der Waals surface area contributed by atoms with E-state index in [-0.39, 0.29) is 12.3 Å². The smallest absolute Gasteiger partial charge is 0.238 e. The summed E-state index contributed by atoms with van der Waals surface area (Å²) in [5.74, 6) is 1.11. The Morgan fingerprint density at radius 3 is 2.46 bits per heavy atom. The van der Waals surface area contributed by atoms with E-state index in [4.69, 9.17) is 33.3 Å². The van der Waals surface area contributed by atoms with Crippen LogP contribution in [0.3, 0.4) is 0 Å². The molecule has 2 aromatic rings. The number of thiocarbonyl (C=S) groups is 1. The lowest BCUT2D eigenvalue weighted by Gasteiger charge is -2.13. The Morgan fingerprint density at radius 2 is 1.79 bits per heavy atom. The number of methoxy groups -OCH3 is 2. The summed E-state index contributed by atoms with van der Waals surface area (Å²) < 4.78 is 10.6. The van der Waals surface area contributed by atoms with Gasteiger partial charge in [0.15, 0.2) is 16.6 Å². The third-order valence-corrected chi connectivity index (χ3v) is 4.53. The Labute approximate surface area is 175 Å². The minimum Gasteiger partial charge on any atom is -0.493 e. The Hall–Kier alpha value is -2.51. The quantitative estimate of drug-likeness (QED) is 0.449. The van der Waals surface area contributed by atoms with E-state index < -0.39 is 0 Å². The molecule has 0 saturated carbocycles. The number of amides is 1. The number of carbonyl (C=O) groups excluding carboxylic acids is 1. The number of rotatable bonds is 8. The molecule has 2 aromatic carbocycles. The summed E-state index contributed by atoms with van der Waals surface area (Å²) in [6.07, 6.45) is 1.59. The number of halogens is 1. The standard InChI is InChI=1S/C20H24ClN3O3S/c1-26-17-5-3-4-15(19(17)27-2)8-11-18(25)23-24-20(28)22-13-12-14-6-9-16(21)10-7-14/h3-7,9-10H,8,11-13H2,1-2H3,(H,23,25)(H2,22,24,28). The first-order chi connectivity index (χ1) is 13.5. The van der Waals surface area contributed by atoms with E-state index in [0.717, 1.165) is 17.5 Å². The van der Waals surface area contributed by atoms with Crippen LogP contribution in [-0.4, -0.2) is 31.8 Å². The summed E-state index contributed by atoms with van der Waals surface area (Å²) in [5.41, 5.74) is 7.35.